The molecule has 0 aliphatic heterocycles. The normalized spacial score (nSPS) is 11.0. The van der Waals surface area contributed by atoms with E-state index < -0.39 is 0 Å². The molecule has 0 amide bonds. The maximum absolute atomic E-state index is 6.17. The van der Waals surface area contributed by atoms with Crippen LogP contribution in [-0.2, 0) is 0 Å². The molecule has 0 radical (unpaired) electrons. The van der Waals surface area contributed by atoms with E-state index in [0.29, 0.717) is 11.5 Å². The Kier molecular flexibility index (Phi) is 3.87. The van der Waals surface area contributed by atoms with E-state index in [2.05, 4.69) is 46.4 Å². The predicted molar refractivity (Wildman–Crippen MR) is 113 cm³/mol. The van der Waals surface area contributed by atoms with Crippen molar-refractivity contribution < 1.29 is 4.42 Å². The van der Waals surface area contributed by atoms with Crippen molar-refractivity contribution in [3.8, 4) is 33.6 Å². The molecule has 0 aliphatic carbocycles. The topological polar surface area (TPSA) is 64.9 Å². The SMILES string of the molecule is Nc1ncnc2oc(-c3ccc(-c4ccccc4)cc3)c(-c3ccccc3)c12. The van der Waals surface area contributed by atoms with Crippen LogP contribution in [-0.4, -0.2) is 9.97 Å². The Morgan fingerprint density at radius 1 is 0.607 bits per heavy atom. The van der Waals surface area contributed by atoms with Gasteiger partial charge in [0.25, 0.3) is 0 Å². The van der Waals surface area contributed by atoms with Crippen molar-refractivity contribution in [3.05, 3.63) is 91.3 Å². The molecule has 5 aromatic rings. The van der Waals surface area contributed by atoms with Gasteiger partial charge in [-0.2, -0.15) is 0 Å². The van der Waals surface area contributed by atoms with Crippen molar-refractivity contribution in [3.63, 3.8) is 0 Å². The quantitative estimate of drug-likeness (QED) is 0.439. The maximum atomic E-state index is 6.17. The van der Waals surface area contributed by atoms with Gasteiger partial charge in [-0.3, -0.25) is 0 Å². The molecule has 0 saturated carbocycles. The van der Waals surface area contributed by atoms with E-state index in [1.165, 1.54) is 11.9 Å². The van der Waals surface area contributed by atoms with Crippen molar-refractivity contribution in [1.82, 2.24) is 9.97 Å². The van der Waals surface area contributed by atoms with Gasteiger partial charge in [0.2, 0.25) is 5.71 Å². The van der Waals surface area contributed by atoms with E-state index >= 15 is 0 Å². The number of fused-ring (bicyclic) bond motifs is 1. The number of hydrogen-bond donors (Lipinski definition) is 1. The Morgan fingerprint density at radius 3 is 1.86 bits per heavy atom. The third-order valence-corrected chi connectivity index (χ3v) is 4.83. The zero-order valence-corrected chi connectivity index (χ0v) is 15.0. The monoisotopic (exact) mass is 363 g/mol. The molecule has 0 saturated heterocycles. The van der Waals surface area contributed by atoms with Crippen molar-refractivity contribution in [2.75, 3.05) is 5.73 Å². The lowest BCUT2D eigenvalue weighted by Crippen LogP contribution is -1.92. The molecule has 0 unspecified atom stereocenters. The summed E-state index contributed by atoms with van der Waals surface area (Å²) in [7, 11) is 0. The smallest absolute Gasteiger partial charge is 0.232 e. The highest BCUT2D eigenvalue weighted by atomic mass is 16.3. The number of nitrogen functional groups attached to an aromatic ring is 1. The van der Waals surface area contributed by atoms with Gasteiger partial charge in [-0.1, -0.05) is 84.9 Å². The zero-order chi connectivity index (χ0) is 18.9. The first-order valence-corrected chi connectivity index (χ1v) is 9.05. The molecule has 0 spiro atoms. The van der Waals surface area contributed by atoms with Gasteiger partial charge in [-0.15, -0.1) is 0 Å². The first-order chi connectivity index (χ1) is 13.8. The number of nitrogens with zero attached hydrogens (tertiary/aromatic N) is 2. The highest BCUT2D eigenvalue weighted by Crippen LogP contribution is 2.42. The molecule has 3 aromatic carbocycles. The molecule has 0 fully saturated rings. The summed E-state index contributed by atoms with van der Waals surface area (Å²) in [6.07, 6.45) is 1.43. The standard InChI is InChI=1S/C24H17N3O/c25-23-21-20(18-9-5-2-6-10-18)22(28-24(21)27-15-26-23)19-13-11-17(12-14-19)16-7-3-1-4-8-16/h1-15H,(H2,25,26,27). The summed E-state index contributed by atoms with van der Waals surface area (Å²) in [5, 5.41) is 0.746. The summed E-state index contributed by atoms with van der Waals surface area (Å²) >= 11 is 0. The van der Waals surface area contributed by atoms with Crippen LogP contribution in [0.1, 0.15) is 0 Å². The molecular weight excluding hydrogens is 346 g/mol. The molecule has 0 atom stereocenters. The minimum absolute atomic E-state index is 0.416. The fourth-order valence-corrected chi connectivity index (χ4v) is 3.48. The van der Waals surface area contributed by atoms with Crippen LogP contribution in [0.4, 0.5) is 5.82 Å². The molecule has 2 aromatic heterocycles. The van der Waals surface area contributed by atoms with Crippen LogP contribution in [0.2, 0.25) is 0 Å². The van der Waals surface area contributed by atoms with Crippen LogP contribution in [0.3, 0.4) is 0 Å². The third-order valence-electron chi connectivity index (χ3n) is 4.83. The van der Waals surface area contributed by atoms with Crippen LogP contribution in [0.25, 0.3) is 44.7 Å². The Bertz CT molecular complexity index is 1240. The molecule has 0 aliphatic rings. The number of furan rings is 1. The summed E-state index contributed by atoms with van der Waals surface area (Å²) < 4.78 is 6.13. The van der Waals surface area contributed by atoms with Crippen molar-refractivity contribution >= 4 is 16.9 Å². The van der Waals surface area contributed by atoms with Crippen LogP contribution < -0.4 is 5.73 Å². The first-order valence-electron chi connectivity index (χ1n) is 9.05. The fourth-order valence-electron chi connectivity index (χ4n) is 3.48. The van der Waals surface area contributed by atoms with E-state index in [-0.39, 0.29) is 0 Å². The first kappa shape index (κ1) is 16.3. The Morgan fingerprint density at radius 2 is 1.18 bits per heavy atom. The lowest BCUT2D eigenvalue weighted by molar-refractivity contribution is 0.618. The van der Waals surface area contributed by atoms with E-state index in [1.54, 1.807) is 0 Å². The number of nitrogens with two attached hydrogens (primary N) is 1. The number of benzene rings is 3. The van der Waals surface area contributed by atoms with Gasteiger partial charge >= 0.3 is 0 Å². The Hall–Kier alpha value is -3.92. The Labute approximate surface area is 162 Å². The summed E-state index contributed by atoms with van der Waals surface area (Å²) in [6.45, 7) is 0. The summed E-state index contributed by atoms with van der Waals surface area (Å²) in [5.74, 6) is 1.16. The van der Waals surface area contributed by atoms with Crippen LogP contribution in [0.15, 0.2) is 95.7 Å². The molecule has 2 N–H and O–H groups in total. The second kappa shape index (κ2) is 6.67. The van der Waals surface area contributed by atoms with E-state index in [0.717, 1.165) is 33.4 Å². The lowest BCUT2D eigenvalue weighted by Gasteiger charge is -2.06. The molecular formula is C24H17N3O. The van der Waals surface area contributed by atoms with Gasteiger partial charge < -0.3 is 10.2 Å². The molecule has 2 heterocycles. The molecule has 4 heteroatoms. The van der Waals surface area contributed by atoms with E-state index in [4.69, 9.17) is 10.2 Å². The molecule has 28 heavy (non-hydrogen) atoms. The second-order valence-electron chi connectivity index (χ2n) is 6.55. The van der Waals surface area contributed by atoms with Crippen LogP contribution in [0.5, 0.6) is 0 Å². The summed E-state index contributed by atoms with van der Waals surface area (Å²) in [6, 6.07) is 28.7. The molecule has 5 rings (SSSR count). The number of hydrogen-bond acceptors (Lipinski definition) is 4. The number of rotatable bonds is 3. The van der Waals surface area contributed by atoms with E-state index in [1.807, 2.05) is 48.5 Å². The zero-order valence-electron chi connectivity index (χ0n) is 15.0. The van der Waals surface area contributed by atoms with Crippen molar-refractivity contribution in [2.45, 2.75) is 0 Å². The predicted octanol–water partition coefficient (Wildman–Crippen LogP) is 5.81. The van der Waals surface area contributed by atoms with Gasteiger partial charge in [-0.25, -0.2) is 9.97 Å². The Balaban J connectivity index is 1.70. The van der Waals surface area contributed by atoms with Gasteiger partial charge in [0.15, 0.2) is 0 Å². The fraction of sp³-hybridized carbons (Fsp3) is 0. The van der Waals surface area contributed by atoms with E-state index in [9.17, 15) is 0 Å². The van der Waals surface area contributed by atoms with Gasteiger partial charge in [0, 0.05) is 11.1 Å². The molecule has 134 valence electrons. The maximum Gasteiger partial charge on any atom is 0.232 e. The van der Waals surface area contributed by atoms with Gasteiger partial charge in [0.1, 0.15) is 17.9 Å². The minimum Gasteiger partial charge on any atom is -0.437 e. The number of anilines is 1. The summed E-state index contributed by atoms with van der Waals surface area (Å²) in [4.78, 5) is 8.44. The minimum atomic E-state index is 0.416. The highest BCUT2D eigenvalue weighted by Gasteiger charge is 2.21. The molecule has 4 nitrogen and oxygen atoms in total. The average molecular weight is 363 g/mol. The third kappa shape index (κ3) is 2.72. The summed E-state index contributed by atoms with van der Waals surface area (Å²) in [5.41, 5.74) is 11.9. The largest absolute Gasteiger partial charge is 0.437 e. The highest BCUT2D eigenvalue weighted by molar-refractivity contribution is 6.05. The van der Waals surface area contributed by atoms with Crippen molar-refractivity contribution in [1.29, 1.82) is 0 Å². The number of aromatic nitrogens is 2. The second-order valence-corrected chi connectivity index (χ2v) is 6.55. The van der Waals surface area contributed by atoms with Crippen molar-refractivity contribution in [2.24, 2.45) is 0 Å². The van der Waals surface area contributed by atoms with Crippen LogP contribution >= 0.6 is 0 Å². The van der Waals surface area contributed by atoms with Crippen LogP contribution in [0, 0.1) is 0 Å². The average Bonchev–Trinajstić information content (AvgIpc) is 3.16. The molecule has 0 bridgehead atoms. The lowest BCUT2D eigenvalue weighted by atomic mass is 9.97. The van der Waals surface area contributed by atoms with Gasteiger partial charge in [-0.05, 0) is 16.7 Å². The van der Waals surface area contributed by atoms with Gasteiger partial charge in [0.05, 0.1) is 5.39 Å².